The van der Waals surface area contributed by atoms with Gasteiger partial charge in [0.1, 0.15) is 0 Å². The summed E-state index contributed by atoms with van der Waals surface area (Å²) in [4.78, 5) is 0. The van der Waals surface area contributed by atoms with Crippen molar-refractivity contribution in [1.82, 2.24) is 0 Å². The zero-order valence-electron chi connectivity index (χ0n) is 3.79. The van der Waals surface area contributed by atoms with Gasteiger partial charge >= 0.3 is 0 Å². The van der Waals surface area contributed by atoms with Gasteiger partial charge in [0, 0.05) is 6.16 Å². The molecular weight excluding hydrogens is 135 g/mol. The minimum atomic E-state index is -2.35. The first-order chi connectivity index (χ1) is 3.18. The van der Waals surface area contributed by atoms with Crippen LogP contribution in [0.2, 0.25) is 0 Å². The minimum absolute atomic E-state index is 0.214. The first-order valence-corrected chi connectivity index (χ1v) is 4.85. The molecule has 42 valence electrons. The molecule has 0 bridgehead atoms. The summed E-state index contributed by atoms with van der Waals surface area (Å²) in [7, 11) is -2.35. The van der Waals surface area contributed by atoms with E-state index in [-0.39, 0.29) is 6.16 Å². The highest BCUT2D eigenvalue weighted by Gasteiger charge is 1.79. The van der Waals surface area contributed by atoms with Crippen LogP contribution in [0.25, 0.3) is 0 Å². The molecule has 0 aliphatic rings. The largest absolute Gasteiger partial charge is 0.268 e. The third-order valence-corrected chi connectivity index (χ3v) is 3.05. The molecule has 7 heavy (non-hydrogen) atoms. The summed E-state index contributed by atoms with van der Waals surface area (Å²) in [5.74, 6) is 0. The van der Waals surface area contributed by atoms with Crippen LogP contribution in [0, 0.1) is 0 Å². The molecule has 0 rings (SSSR count). The average molecular weight is 140 g/mol. The Bertz CT molecular complexity index is 199. The van der Waals surface area contributed by atoms with Gasteiger partial charge < -0.3 is 0 Å². The molecule has 0 aromatic carbocycles. The van der Waals surface area contributed by atoms with Gasteiger partial charge in [0.15, 0.2) is 0 Å². The quantitative estimate of drug-likeness (QED) is 0.502. The van der Waals surface area contributed by atoms with E-state index in [1.54, 1.807) is 6.92 Å². The van der Waals surface area contributed by atoms with Crippen molar-refractivity contribution >= 4 is 16.5 Å². The van der Waals surface area contributed by atoms with E-state index in [0.717, 1.165) is 0 Å². The first kappa shape index (κ1) is 6.92. The van der Waals surface area contributed by atoms with E-state index in [9.17, 15) is 13.0 Å². The molecule has 0 aliphatic carbocycles. The molecule has 0 fully saturated rings. The monoisotopic (exact) mass is 140 g/mol. The lowest BCUT2D eigenvalue weighted by Crippen LogP contribution is -1.54. The average Bonchev–Trinajstić information content (AvgIpc) is 1.65. The maximum atomic E-state index is 10.0. The van der Waals surface area contributed by atoms with Gasteiger partial charge in [-0.05, 0) is 0 Å². The van der Waals surface area contributed by atoms with E-state index in [2.05, 4.69) is 0 Å². The van der Waals surface area contributed by atoms with Crippen LogP contribution in [0.1, 0.15) is 6.92 Å². The smallest absolute Gasteiger partial charge is 0.266 e. The standard InChI is InChI=1S/C2H5O3PS/c1-2-6(3)7(4)5/h2H2,1H3. The molecule has 0 N–H and O–H groups in total. The molecule has 0 saturated carbocycles. The lowest BCUT2D eigenvalue weighted by molar-refractivity contribution is 0.592. The van der Waals surface area contributed by atoms with Crippen molar-refractivity contribution < 1.29 is 13.0 Å². The zero-order valence-corrected chi connectivity index (χ0v) is 5.50. The molecule has 0 aliphatic heterocycles. The maximum Gasteiger partial charge on any atom is 0.268 e. The normalized spacial score (nSPS) is 10.7. The Kier molecular flexibility index (Phi) is 2.96. The first-order valence-electron chi connectivity index (χ1n) is 1.72. The van der Waals surface area contributed by atoms with E-state index in [1.807, 2.05) is 0 Å². The predicted molar refractivity (Wildman–Crippen MR) is 27.1 cm³/mol. The van der Waals surface area contributed by atoms with E-state index < -0.39 is 16.5 Å². The summed E-state index contributed by atoms with van der Waals surface area (Å²) in [5, 5.41) is 0. The van der Waals surface area contributed by atoms with Gasteiger partial charge in [-0.15, -0.1) is 0 Å². The van der Waals surface area contributed by atoms with Crippen molar-refractivity contribution in [2.75, 3.05) is 6.16 Å². The molecule has 0 aromatic heterocycles. The van der Waals surface area contributed by atoms with Crippen LogP contribution in [0.4, 0.5) is 0 Å². The molecule has 3 nitrogen and oxygen atoms in total. The Labute approximate surface area is 43.3 Å². The van der Waals surface area contributed by atoms with Crippen LogP contribution in [0.15, 0.2) is 0 Å². The summed E-state index contributed by atoms with van der Waals surface area (Å²) < 4.78 is 29.3. The fraction of sp³-hybridized carbons (Fsp3) is 1.00. The fourth-order valence-corrected chi connectivity index (χ4v) is 0.949. The predicted octanol–water partition coefficient (Wildman–Crippen LogP) is 0.628. The van der Waals surface area contributed by atoms with E-state index in [4.69, 9.17) is 0 Å². The summed E-state index contributed by atoms with van der Waals surface area (Å²) in [6, 6.07) is 0. The Morgan fingerprint density at radius 2 is 2.00 bits per heavy atom. The summed E-state index contributed by atoms with van der Waals surface area (Å²) in [6.45, 7) is -0.407. The van der Waals surface area contributed by atoms with Gasteiger partial charge in [0.25, 0.3) is 9.88 Å². The lowest BCUT2D eigenvalue weighted by Gasteiger charge is -1.60. The fourth-order valence-electron chi connectivity index (χ4n) is 0.105. The van der Waals surface area contributed by atoms with Crippen LogP contribution in [-0.2, 0) is 14.4 Å². The van der Waals surface area contributed by atoms with Crippen molar-refractivity contribution in [1.29, 1.82) is 0 Å². The van der Waals surface area contributed by atoms with Crippen LogP contribution in [-0.4, -0.2) is 14.6 Å². The maximum absolute atomic E-state index is 10.0. The van der Waals surface area contributed by atoms with Gasteiger partial charge in [-0.25, -0.2) is 0 Å². The minimum Gasteiger partial charge on any atom is -0.266 e. The Morgan fingerprint density at radius 1 is 1.57 bits per heavy atom. The molecule has 0 saturated heterocycles. The van der Waals surface area contributed by atoms with E-state index in [1.165, 1.54) is 0 Å². The summed E-state index contributed by atoms with van der Waals surface area (Å²) >= 11 is 0. The molecule has 0 amide bonds. The zero-order chi connectivity index (χ0) is 5.86. The SMILES string of the molecule is CCP(=O)=S(=O)=O. The molecule has 5 heteroatoms. The molecule has 1 unspecified atom stereocenters. The molecule has 1 atom stereocenters. The molecule has 0 spiro atoms. The molecular formula is C2H5O3PS. The molecule has 0 aromatic rings. The van der Waals surface area contributed by atoms with Crippen molar-refractivity contribution in [2.45, 2.75) is 6.92 Å². The summed E-state index contributed by atoms with van der Waals surface area (Å²) in [6.07, 6.45) is 0.214. The van der Waals surface area contributed by atoms with Crippen LogP contribution >= 0.6 is 6.58 Å². The Balaban J connectivity index is 4.72. The second-order valence-electron chi connectivity index (χ2n) is 0.866. The molecule has 0 heterocycles. The highest BCUT2D eigenvalue weighted by atomic mass is 32.5. The van der Waals surface area contributed by atoms with Gasteiger partial charge in [-0.3, -0.25) is 4.57 Å². The highest BCUT2D eigenvalue weighted by Crippen LogP contribution is 2.01. The third-order valence-electron chi connectivity index (χ3n) is 0.424. The van der Waals surface area contributed by atoms with Crippen molar-refractivity contribution in [2.24, 2.45) is 0 Å². The van der Waals surface area contributed by atoms with Gasteiger partial charge in [-0.2, -0.15) is 8.42 Å². The van der Waals surface area contributed by atoms with E-state index >= 15 is 0 Å². The third kappa shape index (κ3) is 2.60. The lowest BCUT2D eigenvalue weighted by atomic mass is 11.0. The number of rotatable bonds is 1. The van der Waals surface area contributed by atoms with Gasteiger partial charge in [0.2, 0.25) is 6.58 Å². The van der Waals surface area contributed by atoms with Crippen molar-refractivity contribution in [3.8, 4) is 0 Å². The Hall–Kier alpha value is -0.0800. The van der Waals surface area contributed by atoms with Crippen LogP contribution in [0.3, 0.4) is 0 Å². The van der Waals surface area contributed by atoms with E-state index in [0.29, 0.717) is 0 Å². The summed E-state index contributed by atoms with van der Waals surface area (Å²) in [5.41, 5.74) is 0. The number of hydrogen-bond acceptors (Lipinski definition) is 3. The van der Waals surface area contributed by atoms with Gasteiger partial charge in [-0.1, -0.05) is 6.92 Å². The second-order valence-corrected chi connectivity index (χ2v) is 4.71. The topological polar surface area (TPSA) is 51.2 Å². The number of hydrogen-bond donors (Lipinski definition) is 0. The highest BCUT2D eigenvalue weighted by molar-refractivity contribution is 8.07. The van der Waals surface area contributed by atoms with Gasteiger partial charge in [0.05, 0.1) is 0 Å². The van der Waals surface area contributed by atoms with Crippen molar-refractivity contribution in [3.63, 3.8) is 0 Å². The Morgan fingerprint density at radius 3 is 2.00 bits per heavy atom. The van der Waals surface area contributed by atoms with Crippen molar-refractivity contribution in [3.05, 3.63) is 0 Å². The van der Waals surface area contributed by atoms with Crippen LogP contribution < -0.4 is 0 Å². The molecule has 0 radical (unpaired) electrons. The van der Waals surface area contributed by atoms with Crippen LogP contribution in [0.5, 0.6) is 0 Å². The second kappa shape index (κ2) is 2.99.